The Morgan fingerprint density at radius 3 is 3.08 bits per heavy atom. The second-order valence-electron chi connectivity index (χ2n) is 2.04. The van der Waals surface area contributed by atoms with Gasteiger partial charge in [0.25, 0.3) is 7.41 Å². The molecular weight excluding hydrogens is 270 g/mol. The van der Waals surface area contributed by atoms with E-state index in [9.17, 15) is 4.79 Å². The van der Waals surface area contributed by atoms with Crippen molar-refractivity contribution in [3.05, 3.63) is 20.3 Å². The monoisotopic (exact) mass is 277 g/mol. The van der Waals surface area contributed by atoms with Gasteiger partial charge in [0.2, 0.25) is 0 Å². The van der Waals surface area contributed by atoms with Gasteiger partial charge in [0.1, 0.15) is 5.82 Å². The van der Waals surface area contributed by atoms with E-state index in [0.717, 1.165) is 3.57 Å². The van der Waals surface area contributed by atoms with Crippen LogP contribution in [0, 0.1) is 3.57 Å². The molecule has 0 amide bonds. The lowest BCUT2D eigenvalue weighted by atomic mass is 10.0. The summed E-state index contributed by atoms with van der Waals surface area (Å²) < 4.78 is 2.00. The molecule has 0 saturated carbocycles. The highest BCUT2D eigenvalue weighted by molar-refractivity contribution is 14.1. The van der Waals surface area contributed by atoms with Gasteiger partial charge in [-0.25, -0.2) is 9.47 Å². The molecule has 0 aliphatic heterocycles. The van der Waals surface area contributed by atoms with Crippen LogP contribution >= 0.6 is 22.6 Å². The zero-order chi connectivity index (χ0) is 9.14. The first-order valence-electron chi connectivity index (χ1n) is 3.24. The fourth-order valence-corrected chi connectivity index (χ4v) is 1.08. The standard InChI is InChI=1S/C5H7BIN4O/c1-6-10-11-2-3(7)4(8)9-5(11)12/h2,10H,1H3,(H2,8,9,12). The van der Waals surface area contributed by atoms with Crippen LogP contribution in [0.15, 0.2) is 11.0 Å². The molecule has 1 heterocycles. The van der Waals surface area contributed by atoms with Crippen LogP contribution in [0.4, 0.5) is 5.82 Å². The third-order valence-corrected chi connectivity index (χ3v) is 2.01. The summed E-state index contributed by atoms with van der Waals surface area (Å²) in [7, 11) is 1.63. The van der Waals surface area contributed by atoms with Gasteiger partial charge in [0.05, 0.1) is 3.57 Å². The molecule has 0 unspecified atom stereocenters. The van der Waals surface area contributed by atoms with Crippen LogP contribution in [0.5, 0.6) is 0 Å². The molecule has 0 bridgehead atoms. The fourth-order valence-electron chi connectivity index (χ4n) is 0.677. The average molecular weight is 277 g/mol. The third kappa shape index (κ3) is 1.90. The number of hydrogen-bond donors (Lipinski definition) is 2. The van der Waals surface area contributed by atoms with E-state index in [1.165, 1.54) is 4.68 Å². The predicted octanol–water partition coefficient (Wildman–Crippen LogP) is -0.359. The summed E-state index contributed by atoms with van der Waals surface area (Å²) >= 11 is 2.01. The minimum atomic E-state index is -0.411. The molecule has 0 aromatic carbocycles. The maximum absolute atomic E-state index is 11.1. The van der Waals surface area contributed by atoms with Crippen molar-refractivity contribution in [3.8, 4) is 0 Å². The van der Waals surface area contributed by atoms with Gasteiger partial charge < -0.3 is 11.1 Å². The molecule has 1 aromatic rings. The molecule has 1 rings (SSSR count). The molecule has 0 atom stereocenters. The number of aromatic nitrogens is 2. The average Bonchev–Trinajstić information content (AvgIpc) is 2.01. The number of nitrogens with zero attached hydrogens (tertiary/aromatic N) is 2. The van der Waals surface area contributed by atoms with E-state index in [1.807, 2.05) is 22.6 Å². The van der Waals surface area contributed by atoms with Gasteiger partial charge in [-0.1, -0.05) is 6.82 Å². The zero-order valence-corrected chi connectivity index (χ0v) is 8.57. The molecule has 7 heteroatoms. The molecule has 1 radical (unpaired) electrons. The van der Waals surface area contributed by atoms with Gasteiger partial charge in [0, 0.05) is 6.20 Å². The second-order valence-corrected chi connectivity index (χ2v) is 3.21. The van der Waals surface area contributed by atoms with Gasteiger partial charge in [-0.2, -0.15) is 4.98 Å². The van der Waals surface area contributed by atoms with E-state index in [0.29, 0.717) is 0 Å². The molecule has 0 aliphatic carbocycles. The lowest BCUT2D eigenvalue weighted by Gasteiger charge is -2.06. The van der Waals surface area contributed by atoms with Gasteiger partial charge in [-0.15, -0.1) is 0 Å². The van der Waals surface area contributed by atoms with E-state index < -0.39 is 5.69 Å². The Hall–Kier alpha value is -0.725. The van der Waals surface area contributed by atoms with Crippen molar-refractivity contribution in [2.24, 2.45) is 0 Å². The summed E-state index contributed by atoms with van der Waals surface area (Å²) in [6.07, 6.45) is 1.59. The number of anilines is 1. The summed E-state index contributed by atoms with van der Waals surface area (Å²) in [5.41, 5.74) is 5.00. The topological polar surface area (TPSA) is 72.9 Å². The maximum Gasteiger partial charge on any atom is 0.367 e. The molecule has 0 spiro atoms. The van der Waals surface area contributed by atoms with Gasteiger partial charge in [0.15, 0.2) is 0 Å². The van der Waals surface area contributed by atoms with Crippen molar-refractivity contribution in [1.29, 1.82) is 0 Å². The van der Waals surface area contributed by atoms with E-state index in [-0.39, 0.29) is 5.82 Å². The Kier molecular flexibility index (Phi) is 2.96. The molecule has 63 valence electrons. The van der Waals surface area contributed by atoms with Crippen molar-refractivity contribution in [2.45, 2.75) is 6.82 Å². The lowest BCUT2D eigenvalue weighted by Crippen LogP contribution is -2.32. The molecule has 1 aromatic heterocycles. The van der Waals surface area contributed by atoms with Gasteiger partial charge >= 0.3 is 5.69 Å². The summed E-state index contributed by atoms with van der Waals surface area (Å²) in [4.78, 5) is 14.7. The Morgan fingerprint density at radius 1 is 1.83 bits per heavy atom. The van der Waals surface area contributed by atoms with Crippen LogP contribution in [-0.2, 0) is 0 Å². The molecule has 3 N–H and O–H groups in total. The van der Waals surface area contributed by atoms with Crippen LogP contribution < -0.4 is 16.8 Å². The second kappa shape index (κ2) is 3.79. The van der Waals surface area contributed by atoms with Crippen molar-refractivity contribution >= 4 is 35.8 Å². The fraction of sp³-hybridized carbons (Fsp3) is 0.200. The lowest BCUT2D eigenvalue weighted by molar-refractivity contribution is 0.862. The van der Waals surface area contributed by atoms with Crippen molar-refractivity contribution in [3.63, 3.8) is 0 Å². The maximum atomic E-state index is 11.1. The minimum Gasteiger partial charge on any atom is -0.383 e. The van der Waals surface area contributed by atoms with E-state index in [1.54, 1.807) is 20.4 Å². The highest BCUT2D eigenvalue weighted by Crippen LogP contribution is 2.06. The van der Waals surface area contributed by atoms with Crippen molar-refractivity contribution in [2.75, 3.05) is 11.1 Å². The Labute approximate surface area is 83.7 Å². The first kappa shape index (κ1) is 9.36. The van der Waals surface area contributed by atoms with E-state index in [2.05, 4.69) is 10.3 Å². The van der Waals surface area contributed by atoms with Gasteiger partial charge in [-0.05, 0) is 22.6 Å². The molecule has 0 aliphatic rings. The minimum absolute atomic E-state index is 0.259. The summed E-state index contributed by atoms with van der Waals surface area (Å²) in [5.74, 6) is 0.259. The number of rotatable bonds is 2. The Morgan fingerprint density at radius 2 is 2.50 bits per heavy atom. The first-order chi connectivity index (χ1) is 5.65. The largest absolute Gasteiger partial charge is 0.383 e. The number of halogens is 1. The highest BCUT2D eigenvalue weighted by Gasteiger charge is 2.01. The van der Waals surface area contributed by atoms with Crippen LogP contribution in [0.1, 0.15) is 0 Å². The van der Waals surface area contributed by atoms with Crippen LogP contribution in [-0.4, -0.2) is 17.1 Å². The SMILES string of the molecule is C[B]Nn1cc(I)c(N)nc1=O. The molecule has 5 nitrogen and oxygen atoms in total. The van der Waals surface area contributed by atoms with Crippen LogP contribution in [0.3, 0.4) is 0 Å². The normalized spacial score (nSPS) is 9.50. The summed E-state index contributed by atoms with van der Waals surface area (Å²) in [6.45, 7) is 1.77. The van der Waals surface area contributed by atoms with Crippen LogP contribution in [0.2, 0.25) is 6.82 Å². The smallest absolute Gasteiger partial charge is 0.367 e. The van der Waals surface area contributed by atoms with Crippen molar-refractivity contribution < 1.29 is 0 Å². The Balaban J connectivity index is 3.14. The van der Waals surface area contributed by atoms with Crippen LogP contribution in [0.25, 0.3) is 0 Å². The summed E-state index contributed by atoms with van der Waals surface area (Å²) in [5, 5.41) is 2.70. The molecular formula is C5H7BIN4O. The van der Waals surface area contributed by atoms with Crippen molar-refractivity contribution in [1.82, 2.24) is 9.66 Å². The third-order valence-electron chi connectivity index (χ3n) is 1.18. The molecule has 0 fully saturated rings. The molecule has 12 heavy (non-hydrogen) atoms. The number of nitrogens with one attached hydrogen (secondary N) is 1. The first-order valence-corrected chi connectivity index (χ1v) is 4.32. The molecule has 0 saturated heterocycles. The predicted molar refractivity (Wildman–Crippen MR) is 56.6 cm³/mol. The number of nitrogen functional groups attached to an aromatic ring is 1. The number of hydrogen-bond acceptors (Lipinski definition) is 4. The van der Waals surface area contributed by atoms with E-state index in [4.69, 9.17) is 5.73 Å². The van der Waals surface area contributed by atoms with E-state index >= 15 is 0 Å². The highest BCUT2D eigenvalue weighted by atomic mass is 127. The summed E-state index contributed by atoms with van der Waals surface area (Å²) in [6, 6.07) is 0. The zero-order valence-electron chi connectivity index (χ0n) is 6.41. The Bertz CT molecular complexity index is 339. The quantitative estimate of drug-likeness (QED) is 0.572. The van der Waals surface area contributed by atoms with Gasteiger partial charge in [-0.3, -0.25) is 0 Å². The number of nitrogens with two attached hydrogens (primary N) is 1.